The van der Waals surface area contributed by atoms with Gasteiger partial charge in [-0.1, -0.05) is 0 Å². The Morgan fingerprint density at radius 3 is 2.56 bits per heavy atom. The van der Waals surface area contributed by atoms with E-state index in [-0.39, 0.29) is 31.4 Å². The van der Waals surface area contributed by atoms with Gasteiger partial charge in [-0.3, -0.25) is 9.59 Å². The Kier molecular flexibility index (Phi) is 6.46. The lowest BCUT2D eigenvalue weighted by Crippen LogP contribution is -2.53. The van der Waals surface area contributed by atoms with Crippen molar-refractivity contribution >= 4 is 11.7 Å². The highest BCUT2D eigenvalue weighted by Gasteiger charge is 2.36. The summed E-state index contributed by atoms with van der Waals surface area (Å²) in [6, 6.07) is 6.71. The van der Waals surface area contributed by atoms with Crippen LogP contribution in [0, 0.1) is 0 Å². The molecule has 3 rings (SSSR count). The number of rotatable bonds is 6. The smallest absolute Gasteiger partial charge is 0.260 e. The SMILES string of the molecule is CC(=O)c1ccc(OCC(=O)N2CCOCC(O)(CN3CCCC3)C2)cc1. The zero-order chi connectivity index (χ0) is 19.3. The highest BCUT2D eigenvalue weighted by atomic mass is 16.5. The summed E-state index contributed by atoms with van der Waals surface area (Å²) >= 11 is 0. The second-order valence-electron chi connectivity index (χ2n) is 7.44. The van der Waals surface area contributed by atoms with E-state index in [9.17, 15) is 14.7 Å². The van der Waals surface area contributed by atoms with E-state index in [1.807, 2.05) is 0 Å². The van der Waals surface area contributed by atoms with E-state index >= 15 is 0 Å². The first-order chi connectivity index (χ1) is 13.0. The van der Waals surface area contributed by atoms with Gasteiger partial charge in [-0.25, -0.2) is 0 Å². The van der Waals surface area contributed by atoms with E-state index in [2.05, 4.69) is 4.90 Å². The van der Waals surface area contributed by atoms with Gasteiger partial charge in [0.05, 0.1) is 19.8 Å². The summed E-state index contributed by atoms with van der Waals surface area (Å²) in [5.74, 6) is 0.335. The van der Waals surface area contributed by atoms with E-state index < -0.39 is 5.60 Å². The zero-order valence-electron chi connectivity index (χ0n) is 15.9. The summed E-state index contributed by atoms with van der Waals surface area (Å²) in [5, 5.41) is 11.0. The Morgan fingerprint density at radius 2 is 1.89 bits per heavy atom. The van der Waals surface area contributed by atoms with Gasteiger partial charge in [0.25, 0.3) is 5.91 Å². The number of β-amino-alcohol motifs (C(OH)–C–C–N with tert-alkyl or cyclic N) is 1. The first-order valence-electron chi connectivity index (χ1n) is 9.49. The minimum Gasteiger partial charge on any atom is -0.484 e. The van der Waals surface area contributed by atoms with Crippen molar-refractivity contribution in [1.82, 2.24) is 9.80 Å². The van der Waals surface area contributed by atoms with Gasteiger partial charge in [0.2, 0.25) is 0 Å². The summed E-state index contributed by atoms with van der Waals surface area (Å²) in [5.41, 5.74) is -0.454. The fourth-order valence-corrected chi connectivity index (χ4v) is 3.60. The second kappa shape index (κ2) is 8.82. The molecule has 0 aromatic heterocycles. The van der Waals surface area contributed by atoms with Crippen LogP contribution in [0.15, 0.2) is 24.3 Å². The van der Waals surface area contributed by atoms with Gasteiger partial charge in [-0.05, 0) is 57.1 Å². The maximum Gasteiger partial charge on any atom is 0.260 e. The van der Waals surface area contributed by atoms with Gasteiger partial charge < -0.3 is 24.4 Å². The van der Waals surface area contributed by atoms with Gasteiger partial charge >= 0.3 is 0 Å². The number of ketones is 1. The molecule has 2 aliphatic heterocycles. The van der Waals surface area contributed by atoms with Crippen LogP contribution in [-0.4, -0.2) is 84.7 Å². The van der Waals surface area contributed by atoms with E-state index in [0.717, 1.165) is 25.9 Å². The number of carbonyl (C=O) groups excluding carboxylic acids is 2. The molecule has 0 bridgehead atoms. The second-order valence-corrected chi connectivity index (χ2v) is 7.44. The van der Waals surface area contributed by atoms with Crippen molar-refractivity contribution in [1.29, 1.82) is 0 Å². The van der Waals surface area contributed by atoms with Gasteiger partial charge in [0.1, 0.15) is 11.4 Å². The average molecular weight is 376 g/mol. The molecule has 2 aliphatic rings. The number of benzene rings is 1. The molecule has 0 spiro atoms. The molecule has 1 N–H and O–H groups in total. The van der Waals surface area contributed by atoms with Crippen molar-refractivity contribution in [2.24, 2.45) is 0 Å². The Bertz CT molecular complexity index is 657. The number of aliphatic hydroxyl groups is 1. The number of hydrogen-bond donors (Lipinski definition) is 1. The zero-order valence-corrected chi connectivity index (χ0v) is 15.9. The number of carbonyl (C=O) groups is 2. The minimum absolute atomic E-state index is 0.0144. The summed E-state index contributed by atoms with van der Waals surface area (Å²) < 4.78 is 11.1. The van der Waals surface area contributed by atoms with Crippen LogP contribution in [0.5, 0.6) is 5.75 Å². The molecule has 1 aromatic rings. The van der Waals surface area contributed by atoms with Gasteiger partial charge in [0, 0.05) is 18.7 Å². The van der Waals surface area contributed by atoms with Crippen LogP contribution >= 0.6 is 0 Å². The third-order valence-corrected chi connectivity index (χ3v) is 5.05. The first-order valence-corrected chi connectivity index (χ1v) is 9.49. The molecular formula is C20H28N2O5. The predicted octanol–water partition coefficient (Wildman–Crippen LogP) is 0.954. The summed E-state index contributed by atoms with van der Waals surface area (Å²) in [7, 11) is 0. The molecule has 7 heteroatoms. The third kappa shape index (κ3) is 5.51. The number of likely N-dealkylation sites (tertiary alicyclic amines) is 1. The Morgan fingerprint density at radius 1 is 1.19 bits per heavy atom. The van der Waals surface area contributed by atoms with Crippen LogP contribution in [0.3, 0.4) is 0 Å². The number of amides is 1. The maximum absolute atomic E-state index is 12.6. The summed E-state index contributed by atoms with van der Waals surface area (Å²) in [6.45, 7) is 5.20. The Balaban J connectivity index is 1.55. The largest absolute Gasteiger partial charge is 0.484 e. The van der Waals surface area contributed by atoms with Gasteiger partial charge in [0.15, 0.2) is 12.4 Å². The lowest BCUT2D eigenvalue weighted by molar-refractivity contribution is -0.136. The van der Waals surface area contributed by atoms with Crippen molar-refractivity contribution in [2.45, 2.75) is 25.4 Å². The van der Waals surface area contributed by atoms with Crippen LogP contribution in [0.2, 0.25) is 0 Å². The lowest BCUT2D eigenvalue weighted by Gasteiger charge is -2.33. The van der Waals surface area contributed by atoms with Crippen LogP contribution in [0.4, 0.5) is 0 Å². The molecule has 148 valence electrons. The molecule has 2 heterocycles. The molecule has 2 saturated heterocycles. The van der Waals surface area contributed by atoms with Crippen molar-refractivity contribution in [2.75, 3.05) is 52.5 Å². The van der Waals surface area contributed by atoms with Crippen molar-refractivity contribution in [3.05, 3.63) is 29.8 Å². The maximum atomic E-state index is 12.6. The average Bonchev–Trinajstić information content (AvgIpc) is 3.07. The van der Waals surface area contributed by atoms with Gasteiger partial charge in [-0.15, -0.1) is 0 Å². The molecule has 0 saturated carbocycles. The highest BCUT2D eigenvalue weighted by Crippen LogP contribution is 2.18. The molecule has 1 atom stereocenters. The molecule has 1 unspecified atom stereocenters. The van der Waals surface area contributed by atoms with Crippen LogP contribution < -0.4 is 4.74 Å². The minimum atomic E-state index is -1.06. The molecule has 0 aliphatic carbocycles. The van der Waals surface area contributed by atoms with Crippen molar-refractivity contribution in [3.8, 4) is 5.75 Å². The predicted molar refractivity (Wildman–Crippen MR) is 100.0 cm³/mol. The topological polar surface area (TPSA) is 79.3 Å². The molecule has 1 amide bonds. The van der Waals surface area contributed by atoms with Gasteiger partial charge in [-0.2, -0.15) is 0 Å². The Hall–Kier alpha value is -1.96. The number of Topliss-reactive ketones (excluding diaryl/α,β-unsaturated/α-hetero) is 1. The fourth-order valence-electron chi connectivity index (χ4n) is 3.60. The summed E-state index contributed by atoms with van der Waals surface area (Å²) in [6.07, 6.45) is 2.30. The van der Waals surface area contributed by atoms with E-state index in [1.54, 1.807) is 29.2 Å². The first kappa shape index (κ1) is 19.8. The van der Waals surface area contributed by atoms with Crippen LogP contribution in [0.25, 0.3) is 0 Å². The Labute approximate surface area is 159 Å². The fraction of sp³-hybridized carbons (Fsp3) is 0.600. The van der Waals surface area contributed by atoms with E-state index in [1.165, 1.54) is 6.92 Å². The van der Waals surface area contributed by atoms with E-state index in [0.29, 0.717) is 31.0 Å². The molecule has 2 fully saturated rings. The van der Waals surface area contributed by atoms with Crippen LogP contribution in [-0.2, 0) is 9.53 Å². The van der Waals surface area contributed by atoms with Crippen molar-refractivity contribution < 1.29 is 24.2 Å². The van der Waals surface area contributed by atoms with Crippen LogP contribution in [0.1, 0.15) is 30.1 Å². The number of ether oxygens (including phenoxy) is 2. The third-order valence-electron chi connectivity index (χ3n) is 5.05. The number of hydrogen-bond acceptors (Lipinski definition) is 6. The molecule has 27 heavy (non-hydrogen) atoms. The number of nitrogens with zero attached hydrogens (tertiary/aromatic N) is 2. The molecular weight excluding hydrogens is 348 g/mol. The highest BCUT2D eigenvalue weighted by molar-refractivity contribution is 5.94. The van der Waals surface area contributed by atoms with Crippen molar-refractivity contribution in [3.63, 3.8) is 0 Å². The molecule has 0 radical (unpaired) electrons. The lowest BCUT2D eigenvalue weighted by atomic mass is 10.0. The molecule has 7 nitrogen and oxygen atoms in total. The monoisotopic (exact) mass is 376 g/mol. The molecule has 1 aromatic carbocycles. The standard InChI is InChI=1S/C20H28N2O5/c1-16(23)17-4-6-18(7-5-17)27-12-19(24)22-10-11-26-15-20(25,14-22)13-21-8-2-3-9-21/h4-7,25H,2-3,8-15H2,1H3. The summed E-state index contributed by atoms with van der Waals surface area (Å²) in [4.78, 5) is 27.7. The normalized spacial score (nSPS) is 23.9. The van der Waals surface area contributed by atoms with E-state index in [4.69, 9.17) is 9.47 Å². The quantitative estimate of drug-likeness (QED) is 0.745.